The van der Waals surface area contributed by atoms with Crippen molar-refractivity contribution < 1.29 is 14.5 Å². The Kier molecular flexibility index (Phi) is 5.59. The Labute approximate surface area is 138 Å². The Hall–Kier alpha value is -2.54. The predicted octanol–water partition coefficient (Wildman–Crippen LogP) is 3.64. The second-order valence-corrected chi connectivity index (χ2v) is 5.65. The smallest absolute Gasteiger partial charge is 0.272 e. The van der Waals surface area contributed by atoms with Crippen molar-refractivity contribution in [1.82, 2.24) is 0 Å². The fourth-order valence-electron chi connectivity index (χ4n) is 1.94. The molecule has 23 heavy (non-hydrogen) atoms. The second-order valence-electron chi connectivity index (χ2n) is 4.77. The van der Waals surface area contributed by atoms with Gasteiger partial charge in [-0.05, 0) is 49.6 Å². The number of aryl methyl sites for hydroxylation is 1. The van der Waals surface area contributed by atoms with E-state index in [1.54, 1.807) is 24.8 Å². The minimum Gasteiger partial charge on any atom is -0.484 e. The van der Waals surface area contributed by atoms with Gasteiger partial charge in [-0.1, -0.05) is 0 Å². The van der Waals surface area contributed by atoms with Crippen molar-refractivity contribution in [3.05, 3.63) is 58.1 Å². The van der Waals surface area contributed by atoms with Gasteiger partial charge in [0.15, 0.2) is 6.61 Å². The first kappa shape index (κ1) is 16.8. The largest absolute Gasteiger partial charge is 0.484 e. The molecule has 1 N–H and O–H groups in total. The van der Waals surface area contributed by atoms with Crippen molar-refractivity contribution in [3.8, 4) is 5.75 Å². The molecule has 0 atom stereocenters. The van der Waals surface area contributed by atoms with Crippen molar-refractivity contribution in [2.45, 2.75) is 11.8 Å². The highest BCUT2D eigenvalue weighted by Crippen LogP contribution is 2.23. The number of ether oxygens (including phenoxy) is 1. The second kappa shape index (κ2) is 7.64. The van der Waals surface area contributed by atoms with Crippen LogP contribution in [0.2, 0.25) is 0 Å². The molecule has 2 aromatic carbocycles. The van der Waals surface area contributed by atoms with Crippen molar-refractivity contribution in [3.63, 3.8) is 0 Å². The summed E-state index contributed by atoms with van der Waals surface area (Å²) in [6, 6.07) is 11.9. The number of nitro benzene ring substituents is 1. The summed E-state index contributed by atoms with van der Waals surface area (Å²) in [4.78, 5) is 23.3. The maximum atomic E-state index is 11.9. The van der Waals surface area contributed by atoms with Gasteiger partial charge in [0, 0.05) is 22.2 Å². The highest BCUT2D eigenvalue weighted by atomic mass is 32.2. The molecule has 2 aromatic rings. The molecule has 0 aromatic heterocycles. The number of carbonyl (C=O) groups excluding carboxylic acids is 1. The number of nitrogens with zero attached hydrogens (tertiary/aromatic N) is 1. The number of hydrogen-bond acceptors (Lipinski definition) is 5. The summed E-state index contributed by atoms with van der Waals surface area (Å²) < 4.78 is 5.36. The maximum Gasteiger partial charge on any atom is 0.272 e. The summed E-state index contributed by atoms with van der Waals surface area (Å²) >= 11 is 1.62. The van der Waals surface area contributed by atoms with Crippen molar-refractivity contribution in [1.29, 1.82) is 0 Å². The highest BCUT2D eigenvalue weighted by Gasteiger charge is 2.11. The Morgan fingerprint density at radius 2 is 1.96 bits per heavy atom. The zero-order valence-corrected chi connectivity index (χ0v) is 13.6. The van der Waals surface area contributed by atoms with Gasteiger partial charge in [0.2, 0.25) is 0 Å². The fraction of sp³-hybridized carbons (Fsp3) is 0.188. The first-order valence-corrected chi connectivity index (χ1v) is 8.04. The average molecular weight is 332 g/mol. The molecular weight excluding hydrogens is 316 g/mol. The van der Waals surface area contributed by atoms with Crippen LogP contribution in [0.15, 0.2) is 47.4 Å². The summed E-state index contributed by atoms with van der Waals surface area (Å²) in [5.74, 6) is 0.124. The van der Waals surface area contributed by atoms with Gasteiger partial charge in [0.05, 0.1) is 4.92 Å². The zero-order chi connectivity index (χ0) is 16.8. The molecule has 0 unspecified atom stereocenters. The molecule has 6 nitrogen and oxygen atoms in total. The fourth-order valence-corrected chi connectivity index (χ4v) is 2.35. The summed E-state index contributed by atoms with van der Waals surface area (Å²) in [6.45, 7) is 1.46. The van der Waals surface area contributed by atoms with E-state index < -0.39 is 4.92 Å². The quantitative estimate of drug-likeness (QED) is 0.496. The van der Waals surface area contributed by atoms with Crippen LogP contribution in [0.3, 0.4) is 0 Å². The SMILES string of the molecule is CSc1ccc(NC(=O)COc2ccc([N+](=O)[O-])c(C)c2)cc1. The van der Waals surface area contributed by atoms with Gasteiger partial charge in [-0.2, -0.15) is 0 Å². The number of nitro groups is 1. The average Bonchev–Trinajstić information content (AvgIpc) is 2.53. The number of nitrogens with one attached hydrogen (secondary N) is 1. The van der Waals surface area contributed by atoms with Gasteiger partial charge in [0.1, 0.15) is 5.75 Å². The monoisotopic (exact) mass is 332 g/mol. The third-order valence-electron chi connectivity index (χ3n) is 3.11. The molecule has 1 amide bonds. The van der Waals surface area contributed by atoms with Crippen molar-refractivity contribution in [2.75, 3.05) is 18.2 Å². The number of benzene rings is 2. The van der Waals surface area contributed by atoms with E-state index in [-0.39, 0.29) is 18.2 Å². The molecule has 0 aliphatic rings. The van der Waals surface area contributed by atoms with Crippen LogP contribution in [0, 0.1) is 17.0 Å². The van der Waals surface area contributed by atoms with Crippen LogP contribution >= 0.6 is 11.8 Å². The van der Waals surface area contributed by atoms with Gasteiger partial charge in [0.25, 0.3) is 11.6 Å². The molecule has 0 aliphatic heterocycles. The Morgan fingerprint density at radius 1 is 1.26 bits per heavy atom. The molecule has 7 heteroatoms. The number of thioether (sulfide) groups is 1. The molecule has 0 aliphatic carbocycles. The Morgan fingerprint density at radius 3 is 2.52 bits per heavy atom. The van der Waals surface area contributed by atoms with E-state index in [0.717, 1.165) is 4.90 Å². The Balaban J connectivity index is 1.91. The molecule has 2 rings (SSSR count). The van der Waals surface area contributed by atoms with E-state index >= 15 is 0 Å². The van der Waals surface area contributed by atoms with Crippen LogP contribution < -0.4 is 10.1 Å². The summed E-state index contributed by atoms with van der Waals surface area (Å²) in [6.07, 6.45) is 1.98. The van der Waals surface area contributed by atoms with Crippen LogP contribution in [-0.2, 0) is 4.79 Å². The molecule has 0 spiro atoms. The molecule has 0 bridgehead atoms. The number of carbonyl (C=O) groups is 1. The summed E-state index contributed by atoms with van der Waals surface area (Å²) in [5.41, 5.74) is 1.20. The van der Waals surface area contributed by atoms with Gasteiger partial charge < -0.3 is 10.1 Å². The first-order chi connectivity index (χ1) is 11.0. The zero-order valence-electron chi connectivity index (χ0n) is 12.7. The number of rotatable bonds is 6. The standard InChI is InChI=1S/C16H16N2O4S/c1-11-9-13(5-8-15(11)18(20)21)22-10-16(19)17-12-3-6-14(23-2)7-4-12/h3-9H,10H2,1-2H3,(H,17,19). The minimum absolute atomic E-state index is 0.0238. The summed E-state index contributed by atoms with van der Waals surface area (Å²) in [5, 5.41) is 13.5. The van der Waals surface area contributed by atoms with E-state index in [1.165, 1.54) is 12.1 Å². The van der Waals surface area contributed by atoms with E-state index in [2.05, 4.69) is 5.32 Å². The van der Waals surface area contributed by atoms with Gasteiger partial charge in [-0.3, -0.25) is 14.9 Å². The summed E-state index contributed by atoms with van der Waals surface area (Å²) in [7, 11) is 0. The third-order valence-corrected chi connectivity index (χ3v) is 3.85. The first-order valence-electron chi connectivity index (χ1n) is 6.81. The van der Waals surface area contributed by atoms with Crippen molar-refractivity contribution >= 4 is 29.0 Å². The molecule has 0 saturated heterocycles. The van der Waals surface area contributed by atoms with Crippen LogP contribution in [0.4, 0.5) is 11.4 Å². The van der Waals surface area contributed by atoms with E-state index in [1.807, 2.05) is 30.5 Å². The molecular formula is C16H16N2O4S. The van der Waals surface area contributed by atoms with Crippen LogP contribution in [0.25, 0.3) is 0 Å². The lowest BCUT2D eigenvalue weighted by Gasteiger charge is -2.08. The molecule has 0 fully saturated rings. The van der Waals surface area contributed by atoms with Crippen LogP contribution in [0.1, 0.15) is 5.56 Å². The lowest BCUT2D eigenvalue weighted by molar-refractivity contribution is -0.385. The maximum absolute atomic E-state index is 11.9. The van der Waals surface area contributed by atoms with E-state index in [4.69, 9.17) is 4.74 Å². The van der Waals surface area contributed by atoms with Gasteiger partial charge >= 0.3 is 0 Å². The van der Waals surface area contributed by atoms with E-state index in [0.29, 0.717) is 17.0 Å². The van der Waals surface area contributed by atoms with Gasteiger partial charge in [-0.25, -0.2) is 0 Å². The molecule has 0 heterocycles. The lowest BCUT2D eigenvalue weighted by atomic mass is 10.2. The molecule has 0 radical (unpaired) electrons. The van der Waals surface area contributed by atoms with Crippen LogP contribution in [0.5, 0.6) is 5.75 Å². The number of anilines is 1. The highest BCUT2D eigenvalue weighted by molar-refractivity contribution is 7.98. The predicted molar refractivity (Wildman–Crippen MR) is 90.2 cm³/mol. The molecule has 0 saturated carbocycles. The number of hydrogen-bond donors (Lipinski definition) is 1. The number of amides is 1. The topological polar surface area (TPSA) is 81.5 Å². The molecule has 120 valence electrons. The third kappa shape index (κ3) is 4.72. The Bertz CT molecular complexity index is 717. The van der Waals surface area contributed by atoms with Crippen molar-refractivity contribution in [2.24, 2.45) is 0 Å². The van der Waals surface area contributed by atoms with Crippen LogP contribution in [-0.4, -0.2) is 23.7 Å². The lowest BCUT2D eigenvalue weighted by Crippen LogP contribution is -2.20. The normalized spacial score (nSPS) is 10.2. The van der Waals surface area contributed by atoms with Gasteiger partial charge in [-0.15, -0.1) is 11.8 Å². The van der Waals surface area contributed by atoms with E-state index in [9.17, 15) is 14.9 Å². The minimum atomic E-state index is -0.454.